The molecule has 4 nitrogen and oxygen atoms in total. The van der Waals surface area contributed by atoms with Crippen LogP contribution in [0.5, 0.6) is 5.75 Å². The number of rotatable bonds is 5. The minimum Gasteiger partial charge on any atom is -0.481 e. The smallest absolute Gasteiger partial charge is 0.260 e. The molecule has 1 aromatic carbocycles. The molecule has 1 heterocycles. The quantitative estimate of drug-likeness (QED) is 0.903. The lowest BCUT2D eigenvalue weighted by Crippen LogP contribution is -2.40. The maximum atomic E-state index is 11.9. The van der Waals surface area contributed by atoms with Crippen LogP contribution in [0.25, 0.3) is 0 Å². The van der Waals surface area contributed by atoms with Crippen molar-refractivity contribution in [3.05, 3.63) is 28.7 Å². The summed E-state index contributed by atoms with van der Waals surface area (Å²) in [7, 11) is 0. The zero-order valence-corrected chi connectivity index (χ0v) is 12.5. The van der Waals surface area contributed by atoms with Crippen molar-refractivity contribution in [2.75, 3.05) is 13.2 Å². The van der Waals surface area contributed by atoms with Crippen molar-refractivity contribution in [3.8, 4) is 5.75 Å². The van der Waals surface area contributed by atoms with Gasteiger partial charge < -0.3 is 14.8 Å². The molecule has 0 saturated carbocycles. The lowest BCUT2D eigenvalue weighted by molar-refractivity contribution is -0.127. The summed E-state index contributed by atoms with van der Waals surface area (Å²) < 4.78 is 12.0. The summed E-state index contributed by atoms with van der Waals surface area (Å²) in [5, 5.41) is 2.86. The van der Waals surface area contributed by atoms with Gasteiger partial charge in [-0.1, -0.05) is 15.9 Å². The normalized spacial score (nSPS) is 20.0. The fourth-order valence-electron chi connectivity index (χ4n) is 1.93. The van der Waals surface area contributed by atoms with Crippen LogP contribution < -0.4 is 10.1 Å². The Labute approximate surface area is 121 Å². The van der Waals surface area contributed by atoms with Crippen LogP contribution in [0.4, 0.5) is 0 Å². The van der Waals surface area contributed by atoms with Gasteiger partial charge in [-0.2, -0.15) is 0 Å². The Morgan fingerprint density at radius 1 is 1.53 bits per heavy atom. The molecule has 104 valence electrons. The molecule has 0 spiro atoms. The zero-order valence-electron chi connectivity index (χ0n) is 10.9. The number of carbonyl (C=O) groups excluding carboxylic acids is 1. The first kappa shape index (κ1) is 14.3. The van der Waals surface area contributed by atoms with E-state index >= 15 is 0 Å². The van der Waals surface area contributed by atoms with Gasteiger partial charge in [-0.15, -0.1) is 0 Å². The molecule has 0 bridgehead atoms. The molecule has 2 rings (SSSR count). The average Bonchev–Trinajstić information content (AvgIpc) is 2.91. The van der Waals surface area contributed by atoms with E-state index in [9.17, 15) is 4.79 Å². The highest BCUT2D eigenvalue weighted by atomic mass is 79.9. The highest BCUT2D eigenvalue weighted by Gasteiger charge is 2.19. The van der Waals surface area contributed by atoms with Gasteiger partial charge in [0.05, 0.1) is 6.10 Å². The molecule has 1 fully saturated rings. The van der Waals surface area contributed by atoms with Gasteiger partial charge in [0.15, 0.2) is 6.10 Å². The van der Waals surface area contributed by atoms with Gasteiger partial charge in [-0.05, 0) is 44.0 Å². The highest BCUT2D eigenvalue weighted by molar-refractivity contribution is 9.10. The van der Waals surface area contributed by atoms with Gasteiger partial charge in [-0.25, -0.2) is 0 Å². The van der Waals surface area contributed by atoms with Crippen LogP contribution in [0.2, 0.25) is 0 Å². The second-order valence-electron chi connectivity index (χ2n) is 4.59. The van der Waals surface area contributed by atoms with Crippen LogP contribution in [-0.4, -0.2) is 31.3 Å². The van der Waals surface area contributed by atoms with E-state index in [0.29, 0.717) is 12.3 Å². The predicted molar refractivity (Wildman–Crippen MR) is 76.2 cm³/mol. The number of nitrogens with one attached hydrogen (secondary N) is 1. The van der Waals surface area contributed by atoms with E-state index in [1.807, 2.05) is 24.3 Å². The van der Waals surface area contributed by atoms with E-state index in [2.05, 4.69) is 21.2 Å². The third kappa shape index (κ3) is 4.51. The SMILES string of the molecule is C[C@@H](Oc1ccc(Br)cc1)C(=O)NC[C@@H]1CCCO1. The first-order chi connectivity index (χ1) is 9.15. The highest BCUT2D eigenvalue weighted by Crippen LogP contribution is 2.17. The van der Waals surface area contributed by atoms with Crippen LogP contribution in [0.3, 0.4) is 0 Å². The molecular weight excluding hydrogens is 310 g/mol. The lowest BCUT2D eigenvalue weighted by atomic mass is 10.2. The summed E-state index contributed by atoms with van der Waals surface area (Å²) in [5.41, 5.74) is 0. The molecule has 1 N–H and O–H groups in total. The molecule has 0 aromatic heterocycles. The molecule has 0 aliphatic carbocycles. The molecule has 19 heavy (non-hydrogen) atoms. The van der Waals surface area contributed by atoms with Crippen molar-refractivity contribution in [2.24, 2.45) is 0 Å². The Kier molecular flexibility index (Phi) is 5.22. The Balaban J connectivity index is 1.76. The van der Waals surface area contributed by atoms with E-state index in [0.717, 1.165) is 23.9 Å². The summed E-state index contributed by atoms with van der Waals surface area (Å²) in [6.07, 6.45) is 1.74. The number of amides is 1. The number of ether oxygens (including phenoxy) is 2. The zero-order chi connectivity index (χ0) is 13.7. The molecule has 5 heteroatoms. The lowest BCUT2D eigenvalue weighted by Gasteiger charge is -2.16. The second-order valence-corrected chi connectivity index (χ2v) is 5.51. The van der Waals surface area contributed by atoms with E-state index in [1.165, 1.54) is 0 Å². The Morgan fingerprint density at radius 2 is 2.26 bits per heavy atom. The Hall–Kier alpha value is -1.07. The van der Waals surface area contributed by atoms with E-state index in [1.54, 1.807) is 6.92 Å². The van der Waals surface area contributed by atoms with Crippen LogP contribution in [0.15, 0.2) is 28.7 Å². The van der Waals surface area contributed by atoms with Crippen molar-refractivity contribution >= 4 is 21.8 Å². The first-order valence-electron chi connectivity index (χ1n) is 6.46. The van der Waals surface area contributed by atoms with Gasteiger partial charge in [0.25, 0.3) is 5.91 Å². The second kappa shape index (κ2) is 6.91. The molecule has 0 radical (unpaired) electrons. The summed E-state index contributed by atoms with van der Waals surface area (Å²) in [6, 6.07) is 7.42. The van der Waals surface area contributed by atoms with Gasteiger partial charge in [0.2, 0.25) is 0 Å². The van der Waals surface area contributed by atoms with Crippen LogP contribution >= 0.6 is 15.9 Å². The minimum atomic E-state index is -0.512. The third-order valence-corrected chi connectivity index (χ3v) is 3.55. The Bertz CT molecular complexity index is 415. The van der Waals surface area contributed by atoms with Crippen molar-refractivity contribution in [3.63, 3.8) is 0 Å². The van der Waals surface area contributed by atoms with Crippen molar-refractivity contribution in [2.45, 2.75) is 32.0 Å². The van der Waals surface area contributed by atoms with E-state index < -0.39 is 6.10 Å². The number of benzene rings is 1. The minimum absolute atomic E-state index is 0.113. The Morgan fingerprint density at radius 3 is 2.89 bits per heavy atom. The van der Waals surface area contributed by atoms with Gasteiger partial charge in [-0.3, -0.25) is 4.79 Å². The van der Waals surface area contributed by atoms with Gasteiger partial charge in [0.1, 0.15) is 5.75 Å². The number of halogens is 1. The third-order valence-electron chi connectivity index (χ3n) is 3.02. The monoisotopic (exact) mass is 327 g/mol. The van der Waals surface area contributed by atoms with Crippen molar-refractivity contribution in [1.29, 1.82) is 0 Å². The maximum Gasteiger partial charge on any atom is 0.260 e. The molecule has 1 amide bonds. The first-order valence-corrected chi connectivity index (χ1v) is 7.26. The van der Waals surface area contributed by atoms with Crippen LogP contribution in [-0.2, 0) is 9.53 Å². The molecule has 2 atom stereocenters. The summed E-state index contributed by atoms with van der Waals surface area (Å²) >= 11 is 3.35. The fourth-order valence-corrected chi connectivity index (χ4v) is 2.20. The number of carbonyl (C=O) groups is 1. The van der Waals surface area contributed by atoms with Crippen molar-refractivity contribution < 1.29 is 14.3 Å². The standard InChI is InChI=1S/C14H18BrNO3/c1-10(19-12-6-4-11(15)5-7-12)14(17)16-9-13-3-2-8-18-13/h4-7,10,13H,2-3,8-9H2,1H3,(H,16,17)/t10-,13+/m1/s1. The molecule has 1 aromatic rings. The maximum absolute atomic E-state index is 11.9. The van der Waals surface area contributed by atoms with Gasteiger partial charge in [0, 0.05) is 17.6 Å². The summed E-state index contributed by atoms with van der Waals surface area (Å²) in [5.74, 6) is 0.571. The van der Waals surface area contributed by atoms with E-state index in [4.69, 9.17) is 9.47 Å². The summed E-state index contributed by atoms with van der Waals surface area (Å²) in [6.45, 7) is 3.10. The average molecular weight is 328 g/mol. The van der Waals surface area contributed by atoms with Crippen LogP contribution in [0, 0.1) is 0 Å². The number of hydrogen-bond donors (Lipinski definition) is 1. The van der Waals surface area contributed by atoms with Gasteiger partial charge >= 0.3 is 0 Å². The van der Waals surface area contributed by atoms with Crippen LogP contribution in [0.1, 0.15) is 19.8 Å². The topological polar surface area (TPSA) is 47.6 Å². The number of hydrogen-bond acceptors (Lipinski definition) is 3. The fraction of sp³-hybridized carbons (Fsp3) is 0.500. The molecule has 1 aliphatic heterocycles. The summed E-state index contributed by atoms with van der Waals surface area (Å²) in [4.78, 5) is 11.9. The molecule has 1 saturated heterocycles. The molecule has 0 unspecified atom stereocenters. The van der Waals surface area contributed by atoms with Crippen molar-refractivity contribution in [1.82, 2.24) is 5.32 Å². The molecular formula is C14H18BrNO3. The largest absolute Gasteiger partial charge is 0.481 e. The molecule has 1 aliphatic rings. The van der Waals surface area contributed by atoms with E-state index in [-0.39, 0.29) is 12.0 Å². The predicted octanol–water partition coefficient (Wildman–Crippen LogP) is 2.51.